The van der Waals surface area contributed by atoms with E-state index in [1.54, 1.807) is 12.1 Å². The number of aromatic nitrogens is 2. The van der Waals surface area contributed by atoms with Crippen molar-refractivity contribution in [1.82, 2.24) is 10.2 Å². The quantitative estimate of drug-likeness (QED) is 0.408. The molecule has 5 N–H and O–H groups in total. The molecule has 1 aromatic heterocycles. The fourth-order valence-corrected chi connectivity index (χ4v) is 4.01. The predicted octanol–water partition coefficient (Wildman–Crippen LogP) is 4.22. The van der Waals surface area contributed by atoms with E-state index < -0.39 is 17.7 Å². The fourth-order valence-electron chi connectivity index (χ4n) is 3.59. The van der Waals surface area contributed by atoms with Gasteiger partial charge in [0.1, 0.15) is 5.82 Å². The van der Waals surface area contributed by atoms with Crippen LogP contribution in [0.5, 0.6) is 0 Å². The molecule has 2 atom stereocenters. The normalized spacial score (nSPS) is 14.9. The summed E-state index contributed by atoms with van der Waals surface area (Å²) >= 11 is 9.64. The number of halogens is 2. The first kappa shape index (κ1) is 24.0. The van der Waals surface area contributed by atoms with Gasteiger partial charge in [0.2, 0.25) is 11.8 Å². The number of hydrogen-bond acceptors (Lipinski definition) is 6. The van der Waals surface area contributed by atoms with Crippen LogP contribution in [0.25, 0.3) is 0 Å². The van der Waals surface area contributed by atoms with Gasteiger partial charge in [-0.25, -0.2) is 14.3 Å². The van der Waals surface area contributed by atoms with Crippen LogP contribution in [-0.2, 0) is 0 Å². The van der Waals surface area contributed by atoms with Gasteiger partial charge in [0.15, 0.2) is 0 Å². The van der Waals surface area contributed by atoms with Crippen molar-refractivity contribution in [3.05, 3.63) is 79.9 Å². The van der Waals surface area contributed by atoms with Gasteiger partial charge in [-0.15, -0.1) is 17.7 Å². The SMILES string of the molecule is Cc1c(C2CC2)ccc(F)c1C(C)C(N)c1n[nH]c(=O)o1.NC(=O)c1cc(Cl)ccc1S. The van der Waals surface area contributed by atoms with E-state index >= 15 is 0 Å². The van der Waals surface area contributed by atoms with Crippen LogP contribution in [0.4, 0.5) is 4.39 Å². The van der Waals surface area contributed by atoms with E-state index in [2.05, 4.69) is 22.8 Å². The van der Waals surface area contributed by atoms with Gasteiger partial charge in [-0.3, -0.25) is 4.79 Å². The van der Waals surface area contributed by atoms with Gasteiger partial charge >= 0.3 is 5.76 Å². The van der Waals surface area contributed by atoms with E-state index in [4.69, 9.17) is 27.5 Å². The number of aromatic amines is 1. The first-order chi connectivity index (χ1) is 15.1. The van der Waals surface area contributed by atoms with E-state index in [0.29, 0.717) is 27.0 Å². The molecule has 1 fully saturated rings. The highest BCUT2D eigenvalue weighted by Gasteiger charge is 2.30. The van der Waals surface area contributed by atoms with E-state index in [0.717, 1.165) is 18.4 Å². The molecule has 170 valence electrons. The van der Waals surface area contributed by atoms with Gasteiger partial charge in [-0.1, -0.05) is 24.6 Å². The number of benzene rings is 2. The zero-order valence-corrected chi connectivity index (χ0v) is 19.2. The van der Waals surface area contributed by atoms with Crippen LogP contribution in [-0.4, -0.2) is 16.1 Å². The molecule has 0 spiro atoms. The summed E-state index contributed by atoms with van der Waals surface area (Å²) in [7, 11) is 0. The number of hydrogen-bond donors (Lipinski definition) is 4. The smallest absolute Gasteiger partial charge is 0.391 e. The molecule has 2 unspecified atom stereocenters. The molecule has 1 amide bonds. The molecule has 4 rings (SSSR count). The van der Waals surface area contributed by atoms with Crippen molar-refractivity contribution < 1.29 is 13.6 Å². The van der Waals surface area contributed by atoms with E-state index in [9.17, 15) is 14.0 Å². The Hall–Kier alpha value is -2.62. The van der Waals surface area contributed by atoms with Crippen LogP contribution in [0.2, 0.25) is 5.02 Å². The number of amides is 1. The molecular weight excluding hydrogens is 455 g/mol. The summed E-state index contributed by atoms with van der Waals surface area (Å²) < 4.78 is 19.2. The van der Waals surface area contributed by atoms with Gasteiger partial charge in [0, 0.05) is 15.8 Å². The van der Waals surface area contributed by atoms with Crippen LogP contribution in [0.15, 0.2) is 44.4 Å². The molecule has 3 aromatic rings. The Morgan fingerprint density at radius 1 is 1.34 bits per heavy atom. The van der Waals surface area contributed by atoms with Gasteiger partial charge in [0.05, 0.1) is 11.6 Å². The third-order valence-electron chi connectivity index (χ3n) is 5.48. The Bertz CT molecular complexity index is 1190. The maximum atomic E-state index is 14.3. The van der Waals surface area contributed by atoms with Gasteiger partial charge < -0.3 is 15.9 Å². The summed E-state index contributed by atoms with van der Waals surface area (Å²) in [4.78, 5) is 22.3. The largest absolute Gasteiger partial charge is 0.434 e. The number of H-pyrrole nitrogens is 1. The van der Waals surface area contributed by atoms with Gasteiger partial charge in [0.25, 0.3) is 0 Å². The number of nitrogens with one attached hydrogen (secondary N) is 1. The van der Waals surface area contributed by atoms with Crippen LogP contribution in [0, 0.1) is 12.7 Å². The molecule has 10 heteroatoms. The molecule has 1 saturated carbocycles. The molecule has 0 radical (unpaired) electrons. The Labute approximate surface area is 194 Å². The van der Waals surface area contributed by atoms with Crippen molar-refractivity contribution in [3.8, 4) is 0 Å². The first-order valence-electron chi connectivity index (χ1n) is 9.98. The lowest BCUT2D eigenvalue weighted by Crippen LogP contribution is -2.20. The summed E-state index contributed by atoms with van der Waals surface area (Å²) in [6.07, 6.45) is 2.31. The number of carbonyl (C=O) groups excluding carboxylic acids is 1. The van der Waals surface area contributed by atoms with Crippen LogP contribution < -0.4 is 17.2 Å². The molecular formula is C22H24ClFN4O3S. The Morgan fingerprint density at radius 3 is 2.56 bits per heavy atom. The van der Waals surface area contributed by atoms with E-state index in [1.807, 2.05) is 19.9 Å². The topological polar surface area (TPSA) is 128 Å². The van der Waals surface area contributed by atoms with Crippen molar-refractivity contribution in [2.75, 3.05) is 0 Å². The Kier molecular flexibility index (Phi) is 7.43. The van der Waals surface area contributed by atoms with E-state index in [1.165, 1.54) is 17.7 Å². The van der Waals surface area contributed by atoms with Crippen molar-refractivity contribution in [3.63, 3.8) is 0 Å². The van der Waals surface area contributed by atoms with Crippen molar-refractivity contribution in [1.29, 1.82) is 0 Å². The predicted molar refractivity (Wildman–Crippen MR) is 123 cm³/mol. The summed E-state index contributed by atoms with van der Waals surface area (Å²) in [6, 6.07) is 7.46. The molecule has 1 aliphatic rings. The maximum absolute atomic E-state index is 14.3. The monoisotopic (exact) mass is 478 g/mol. The number of thiol groups is 1. The van der Waals surface area contributed by atoms with Crippen LogP contribution >= 0.6 is 24.2 Å². The maximum Gasteiger partial charge on any atom is 0.434 e. The third-order valence-corrected chi connectivity index (χ3v) is 6.10. The highest BCUT2D eigenvalue weighted by Crippen LogP contribution is 2.44. The molecule has 0 bridgehead atoms. The Morgan fingerprint density at radius 2 is 2.03 bits per heavy atom. The molecule has 0 saturated heterocycles. The first-order valence-corrected chi connectivity index (χ1v) is 10.8. The summed E-state index contributed by atoms with van der Waals surface area (Å²) in [5, 5.41) is 6.40. The Balaban J connectivity index is 0.000000222. The summed E-state index contributed by atoms with van der Waals surface area (Å²) in [5.41, 5.74) is 14.2. The highest BCUT2D eigenvalue weighted by atomic mass is 35.5. The number of rotatable bonds is 5. The summed E-state index contributed by atoms with van der Waals surface area (Å²) in [6.45, 7) is 3.75. The second-order valence-corrected chi connectivity index (χ2v) is 8.66. The van der Waals surface area contributed by atoms with Crippen LogP contribution in [0.1, 0.15) is 70.6 Å². The van der Waals surface area contributed by atoms with Crippen molar-refractivity contribution in [2.45, 2.75) is 49.5 Å². The molecule has 1 aliphatic carbocycles. The lowest BCUT2D eigenvalue weighted by atomic mass is 9.87. The average Bonchev–Trinajstić information content (AvgIpc) is 3.49. The second-order valence-electron chi connectivity index (χ2n) is 7.74. The molecule has 7 nitrogen and oxygen atoms in total. The standard InChI is InChI=1S/C15H18FN3O2.C7H6ClNOS/c1-7-10(9-3-4-9)5-6-11(16)12(7)8(2)13(17)14-18-19-15(20)21-14;8-4-1-2-6(11)5(3-4)7(9)10/h5-6,8-9,13H,3-4,17H2,1-2H3,(H,19,20);1-3,11H,(H2,9,10). The molecule has 0 aliphatic heterocycles. The lowest BCUT2D eigenvalue weighted by molar-refractivity contribution is 0.0997. The number of nitrogens with zero attached hydrogens (tertiary/aromatic N) is 1. The van der Waals surface area contributed by atoms with Gasteiger partial charge in [-0.05, 0) is 66.6 Å². The highest BCUT2D eigenvalue weighted by molar-refractivity contribution is 7.80. The number of primary amides is 1. The minimum atomic E-state index is -0.674. The minimum absolute atomic E-state index is 0.100. The van der Waals surface area contributed by atoms with Crippen molar-refractivity contribution in [2.24, 2.45) is 11.5 Å². The molecule has 2 aromatic carbocycles. The zero-order valence-electron chi connectivity index (χ0n) is 17.6. The van der Waals surface area contributed by atoms with Gasteiger partial charge in [-0.2, -0.15) is 0 Å². The zero-order chi connectivity index (χ0) is 23.6. The number of carbonyl (C=O) groups is 1. The fraction of sp³-hybridized carbons (Fsp3) is 0.318. The van der Waals surface area contributed by atoms with E-state index in [-0.39, 0.29) is 17.6 Å². The van der Waals surface area contributed by atoms with Crippen molar-refractivity contribution >= 4 is 30.1 Å². The molecule has 32 heavy (non-hydrogen) atoms. The summed E-state index contributed by atoms with van der Waals surface area (Å²) in [5.74, 6) is -1.15. The molecule has 1 heterocycles. The third kappa shape index (κ3) is 5.40. The number of nitrogens with two attached hydrogens (primary N) is 2. The minimum Gasteiger partial charge on any atom is -0.391 e. The van der Waals surface area contributed by atoms with Crippen LogP contribution in [0.3, 0.4) is 0 Å². The average molecular weight is 479 g/mol. The second kappa shape index (κ2) is 9.89. The lowest BCUT2D eigenvalue weighted by Gasteiger charge is -2.21.